The Morgan fingerprint density at radius 2 is 1.52 bits per heavy atom. The third-order valence-corrected chi connectivity index (χ3v) is 6.80. The van der Waals surface area contributed by atoms with Gasteiger partial charge in [0.15, 0.2) is 14.8 Å². The maximum absolute atomic E-state index is 13.6. The zero-order valence-electron chi connectivity index (χ0n) is 16.2. The van der Waals surface area contributed by atoms with Crippen LogP contribution in [0.5, 0.6) is 0 Å². The van der Waals surface area contributed by atoms with E-state index in [9.17, 15) is 22.0 Å². The maximum atomic E-state index is 13.6. The van der Waals surface area contributed by atoms with Crippen molar-refractivity contribution in [2.45, 2.75) is 4.90 Å². The molecule has 0 N–H and O–H groups in total. The van der Waals surface area contributed by atoms with Crippen LogP contribution in [0.1, 0.15) is 15.4 Å². The first-order valence-corrected chi connectivity index (χ1v) is 11.8. The first-order valence-electron chi connectivity index (χ1n) is 9.10. The molecule has 0 spiro atoms. The Kier molecular flexibility index (Phi) is 5.51. The molecule has 3 aromatic carbocycles. The Morgan fingerprint density at radius 1 is 0.871 bits per heavy atom. The van der Waals surface area contributed by atoms with E-state index >= 15 is 0 Å². The smallest absolute Gasteiger partial charge is 0.221 e. The van der Waals surface area contributed by atoms with Crippen LogP contribution in [0.15, 0.2) is 77.7 Å². The van der Waals surface area contributed by atoms with Gasteiger partial charge in [0.05, 0.1) is 15.5 Å². The van der Waals surface area contributed by atoms with Crippen molar-refractivity contribution < 1.29 is 22.0 Å². The molecule has 1 heterocycles. The highest BCUT2D eigenvalue weighted by Gasteiger charge is 2.21. The minimum atomic E-state index is -3.37. The van der Waals surface area contributed by atoms with Crippen LogP contribution in [-0.2, 0) is 9.84 Å². The monoisotopic (exact) mass is 455 g/mol. The molecule has 0 aliphatic carbocycles. The number of rotatable bonds is 5. The molecule has 0 saturated heterocycles. The predicted octanol–water partition coefficient (Wildman–Crippen LogP) is 5.39. The van der Waals surface area contributed by atoms with Gasteiger partial charge < -0.3 is 0 Å². The second-order valence-electron chi connectivity index (χ2n) is 6.84. The minimum absolute atomic E-state index is 0.145. The molecule has 0 saturated carbocycles. The molecular weight excluding hydrogens is 440 g/mol. The molecule has 4 nitrogen and oxygen atoms in total. The summed E-state index contributed by atoms with van der Waals surface area (Å²) in [5, 5.41) is 0.145. The number of halogens is 2. The maximum Gasteiger partial charge on any atom is 0.221 e. The lowest BCUT2D eigenvalue weighted by atomic mass is 10.1. The van der Waals surface area contributed by atoms with E-state index in [0.29, 0.717) is 21.7 Å². The SMILES string of the molecule is CS(=O)(=O)c1ccc(-c2nc(C(=O)c3cccc(F)c3)sc2-c2ccc(F)cc2)cc1. The van der Waals surface area contributed by atoms with Gasteiger partial charge in [0.2, 0.25) is 5.78 Å². The molecule has 0 bridgehead atoms. The molecule has 156 valence electrons. The van der Waals surface area contributed by atoms with Gasteiger partial charge in [0, 0.05) is 17.4 Å². The molecule has 0 fully saturated rings. The molecule has 0 aliphatic heterocycles. The first kappa shape index (κ1) is 21.0. The number of ketones is 1. The van der Waals surface area contributed by atoms with Crippen LogP contribution in [0, 0.1) is 11.6 Å². The number of nitrogens with zero attached hydrogens (tertiary/aromatic N) is 1. The van der Waals surface area contributed by atoms with Crippen LogP contribution in [0.3, 0.4) is 0 Å². The van der Waals surface area contributed by atoms with Crippen LogP contribution >= 0.6 is 11.3 Å². The zero-order valence-corrected chi connectivity index (χ0v) is 17.8. The summed E-state index contributed by atoms with van der Waals surface area (Å²) < 4.78 is 50.5. The number of hydrogen-bond acceptors (Lipinski definition) is 5. The average molecular weight is 456 g/mol. The Labute approximate surface area is 181 Å². The lowest BCUT2D eigenvalue weighted by Gasteiger charge is -2.04. The van der Waals surface area contributed by atoms with Gasteiger partial charge in [-0.05, 0) is 42.0 Å². The number of benzene rings is 3. The Morgan fingerprint density at radius 3 is 2.13 bits per heavy atom. The van der Waals surface area contributed by atoms with Gasteiger partial charge in [-0.25, -0.2) is 22.2 Å². The largest absolute Gasteiger partial charge is 0.286 e. The third kappa shape index (κ3) is 4.45. The van der Waals surface area contributed by atoms with E-state index in [1.54, 1.807) is 24.3 Å². The second kappa shape index (κ2) is 8.13. The van der Waals surface area contributed by atoms with Crippen molar-refractivity contribution in [2.75, 3.05) is 6.26 Å². The summed E-state index contributed by atoms with van der Waals surface area (Å²) in [7, 11) is -3.37. The number of sulfone groups is 1. The quantitative estimate of drug-likeness (QED) is 0.379. The summed E-state index contributed by atoms with van der Waals surface area (Å²) in [4.78, 5) is 18.2. The summed E-state index contributed by atoms with van der Waals surface area (Å²) in [6, 6.07) is 17.2. The van der Waals surface area contributed by atoms with Gasteiger partial charge in [0.25, 0.3) is 0 Å². The van der Waals surface area contributed by atoms with Crippen LogP contribution in [0.25, 0.3) is 21.7 Å². The normalized spacial score (nSPS) is 11.5. The third-order valence-electron chi connectivity index (χ3n) is 4.57. The van der Waals surface area contributed by atoms with Gasteiger partial charge >= 0.3 is 0 Å². The standard InChI is InChI=1S/C23H15F2NO3S2/c1-31(28,29)19-11-7-14(8-12-19)20-22(15-5-9-17(24)10-6-15)30-23(26-20)21(27)16-3-2-4-18(25)13-16/h2-13H,1H3. The van der Waals surface area contributed by atoms with E-state index < -0.39 is 27.3 Å². The van der Waals surface area contributed by atoms with Gasteiger partial charge in [-0.3, -0.25) is 4.79 Å². The molecule has 1 aromatic heterocycles. The number of thiazole rings is 1. The van der Waals surface area contributed by atoms with Crippen molar-refractivity contribution in [2.24, 2.45) is 0 Å². The molecule has 0 unspecified atom stereocenters. The van der Waals surface area contributed by atoms with Crippen molar-refractivity contribution in [1.82, 2.24) is 4.98 Å². The zero-order chi connectivity index (χ0) is 22.2. The summed E-state index contributed by atoms with van der Waals surface area (Å²) >= 11 is 1.11. The van der Waals surface area contributed by atoms with Crippen LogP contribution in [-0.4, -0.2) is 25.4 Å². The number of carbonyl (C=O) groups is 1. The van der Waals surface area contributed by atoms with E-state index in [1.807, 2.05) is 0 Å². The lowest BCUT2D eigenvalue weighted by Crippen LogP contribution is -2.01. The highest BCUT2D eigenvalue weighted by Crippen LogP contribution is 2.38. The lowest BCUT2D eigenvalue weighted by molar-refractivity contribution is 0.103. The number of carbonyl (C=O) groups excluding carboxylic acids is 1. The fraction of sp³-hybridized carbons (Fsp3) is 0.0435. The van der Waals surface area contributed by atoms with Crippen LogP contribution < -0.4 is 0 Å². The van der Waals surface area contributed by atoms with Crippen molar-refractivity contribution in [1.29, 1.82) is 0 Å². The first-order chi connectivity index (χ1) is 14.7. The Bertz CT molecular complexity index is 1380. The Hall–Kier alpha value is -3.23. The molecule has 8 heteroatoms. The van der Waals surface area contributed by atoms with Crippen molar-refractivity contribution in [3.8, 4) is 21.7 Å². The van der Waals surface area contributed by atoms with Crippen molar-refractivity contribution in [3.63, 3.8) is 0 Å². The number of aromatic nitrogens is 1. The average Bonchev–Trinajstić information content (AvgIpc) is 3.18. The fourth-order valence-corrected chi connectivity index (χ4v) is 4.71. The molecule has 31 heavy (non-hydrogen) atoms. The van der Waals surface area contributed by atoms with E-state index in [-0.39, 0.29) is 15.5 Å². The molecule has 0 aliphatic rings. The molecule has 4 rings (SSSR count). The summed E-state index contributed by atoms with van der Waals surface area (Å²) in [6.07, 6.45) is 1.12. The van der Waals surface area contributed by atoms with Gasteiger partial charge in [-0.2, -0.15) is 0 Å². The van der Waals surface area contributed by atoms with Gasteiger partial charge in [-0.1, -0.05) is 36.4 Å². The van der Waals surface area contributed by atoms with Crippen LogP contribution in [0.2, 0.25) is 0 Å². The molecule has 0 radical (unpaired) electrons. The van der Waals surface area contributed by atoms with Crippen LogP contribution in [0.4, 0.5) is 8.78 Å². The summed E-state index contributed by atoms with van der Waals surface area (Å²) in [5.41, 5.74) is 1.87. The topological polar surface area (TPSA) is 64.1 Å². The molecule has 0 amide bonds. The van der Waals surface area contributed by atoms with E-state index in [1.165, 1.54) is 42.5 Å². The van der Waals surface area contributed by atoms with E-state index in [4.69, 9.17) is 0 Å². The molecule has 4 aromatic rings. The molecular formula is C23H15F2NO3S2. The van der Waals surface area contributed by atoms with Crippen molar-refractivity contribution >= 4 is 27.0 Å². The molecule has 0 atom stereocenters. The summed E-state index contributed by atoms with van der Waals surface area (Å²) in [6.45, 7) is 0. The fourth-order valence-electron chi connectivity index (χ4n) is 3.02. The predicted molar refractivity (Wildman–Crippen MR) is 116 cm³/mol. The highest BCUT2D eigenvalue weighted by atomic mass is 32.2. The highest BCUT2D eigenvalue weighted by molar-refractivity contribution is 7.90. The number of hydrogen-bond donors (Lipinski definition) is 0. The summed E-state index contributed by atoms with van der Waals surface area (Å²) in [5.74, 6) is -1.37. The van der Waals surface area contributed by atoms with Gasteiger partial charge in [0.1, 0.15) is 11.6 Å². The Balaban J connectivity index is 1.84. The van der Waals surface area contributed by atoms with E-state index in [2.05, 4.69) is 4.98 Å². The minimum Gasteiger partial charge on any atom is -0.286 e. The second-order valence-corrected chi connectivity index (χ2v) is 9.85. The van der Waals surface area contributed by atoms with Crippen molar-refractivity contribution in [3.05, 3.63) is 95.0 Å². The van der Waals surface area contributed by atoms with Gasteiger partial charge in [-0.15, -0.1) is 11.3 Å². The van der Waals surface area contributed by atoms with E-state index in [0.717, 1.165) is 23.7 Å².